The molecule has 0 spiro atoms. The molecular formula is C21H32N2O3. The number of carbonyl (C=O) groups excluding carboxylic acids is 2. The summed E-state index contributed by atoms with van der Waals surface area (Å²) in [7, 11) is 0. The van der Waals surface area contributed by atoms with Gasteiger partial charge in [0.15, 0.2) is 0 Å². The Morgan fingerprint density at radius 1 is 1.27 bits per heavy atom. The third-order valence-corrected chi connectivity index (χ3v) is 4.03. The van der Waals surface area contributed by atoms with Crippen LogP contribution in [0.15, 0.2) is 49.1 Å². The van der Waals surface area contributed by atoms with E-state index >= 15 is 0 Å². The van der Waals surface area contributed by atoms with Gasteiger partial charge in [-0.05, 0) is 39.2 Å². The van der Waals surface area contributed by atoms with E-state index in [0.717, 1.165) is 18.4 Å². The van der Waals surface area contributed by atoms with E-state index < -0.39 is 5.60 Å². The van der Waals surface area contributed by atoms with E-state index in [-0.39, 0.29) is 18.0 Å². The number of nitrogens with zero attached hydrogens (tertiary/aromatic N) is 2. The monoisotopic (exact) mass is 360 g/mol. The van der Waals surface area contributed by atoms with Crippen molar-refractivity contribution in [1.82, 2.24) is 9.80 Å². The molecule has 1 rings (SSSR count). The maximum atomic E-state index is 12.4. The summed E-state index contributed by atoms with van der Waals surface area (Å²) in [5.74, 6) is -0.0250. The second-order valence-corrected chi connectivity index (χ2v) is 7.44. The third-order valence-electron chi connectivity index (χ3n) is 4.03. The Labute approximate surface area is 157 Å². The molecule has 1 unspecified atom stereocenters. The molecular weight excluding hydrogens is 328 g/mol. The van der Waals surface area contributed by atoms with Crippen LogP contribution in [0.5, 0.6) is 0 Å². The molecule has 0 aromatic heterocycles. The average molecular weight is 360 g/mol. The van der Waals surface area contributed by atoms with E-state index in [2.05, 4.69) is 13.2 Å². The van der Waals surface area contributed by atoms with Gasteiger partial charge >= 0.3 is 6.09 Å². The highest BCUT2D eigenvalue weighted by molar-refractivity contribution is 5.74. The molecule has 1 atom stereocenters. The van der Waals surface area contributed by atoms with Crippen molar-refractivity contribution in [2.45, 2.75) is 52.2 Å². The lowest BCUT2D eigenvalue weighted by Crippen LogP contribution is -2.46. The van der Waals surface area contributed by atoms with Gasteiger partial charge in [-0.1, -0.05) is 43.5 Å². The first-order chi connectivity index (χ1) is 12.2. The minimum atomic E-state index is -0.528. The summed E-state index contributed by atoms with van der Waals surface area (Å²) in [5.41, 5.74) is 0.428. The van der Waals surface area contributed by atoms with Crippen LogP contribution in [0.2, 0.25) is 0 Å². The Bertz CT molecular complexity index is 585. The van der Waals surface area contributed by atoms with Crippen LogP contribution in [0.25, 0.3) is 0 Å². The summed E-state index contributed by atoms with van der Waals surface area (Å²) >= 11 is 0. The zero-order valence-electron chi connectivity index (χ0n) is 16.5. The van der Waals surface area contributed by atoms with Gasteiger partial charge in [-0.25, -0.2) is 4.79 Å². The molecule has 1 fully saturated rings. The smallest absolute Gasteiger partial charge is 0.410 e. The normalized spacial score (nSPS) is 18.1. The molecule has 1 aliphatic heterocycles. The van der Waals surface area contributed by atoms with Crippen molar-refractivity contribution in [3.8, 4) is 0 Å². The zero-order valence-corrected chi connectivity index (χ0v) is 16.5. The third kappa shape index (κ3) is 7.30. The molecule has 26 heavy (non-hydrogen) atoms. The summed E-state index contributed by atoms with van der Waals surface area (Å²) in [4.78, 5) is 28.1. The van der Waals surface area contributed by atoms with Gasteiger partial charge in [0.25, 0.3) is 0 Å². The lowest BCUT2D eigenvalue weighted by molar-refractivity contribution is -0.129. The van der Waals surface area contributed by atoms with Gasteiger partial charge in [-0.2, -0.15) is 0 Å². The van der Waals surface area contributed by atoms with Crippen molar-refractivity contribution >= 4 is 12.0 Å². The Morgan fingerprint density at radius 2 is 1.96 bits per heavy atom. The highest BCUT2D eigenvalue weighted by Gasteiger charge is 2.33. The number of amides is 2. The number of ether oxygens (including phenoxy) is 1. The maximum absolute atomic E-state index is 12.4. The zero-order chi connectivity index (χ0) is 19.7. The highest BCUT2D eigenvalue weighted by atomic mass is 16.6. The lowest BCUT2D eigenvalue weighted by Gasteiger charge is -2.32. The van der Waals surface area contributed by atoms with E-state index in [0.29, 0.717) is 19.6 Å². The Kier molecular flexibility index (Phi) is 8.36. The summed E-state index contributed by atoms with van der Waals surface area (Å²) in [6.45, 7) is 16.1. The lowest BCUT2D eigenvalue weighted by atomic mass is 10.1. The minimum Gasteiger partial charge on any atom is -0.444 e. The second-order valence-electron chi connectivity index (χ2n) is 7.44. The van der Waals surface area contributed by atoms with Crippen LogP contribution in [-0.2, 0) is 9.53 Å². The van der Waals surface area contributed by atoms with Crippen LogP contribution >= 0.6 is 0 Å². The number of likely N-dealkylation sites (tertiary alicyclic amines) is 1. The molecule has 1 aliphatic rings. The molecule has 0 aromatic rings. The van der Waals surface area contributed by atoms with Gasteiger partial charge in [0.05, 0.1) is 6.04 Å². The number of allylic oxidation sites excluding steroid dienone is 4. The maximum Gasteiger partial charge on any atom is 0.410 e. The van der Waals surface area contributed by atoms with Gasteiger partial charge in [0.1, 0.15) is 5.60 Å². The Morgan fingerprint density at radius 3 is 2.50 bits per heavy atom. The molecule has 0 bridgehead atoms. The Hall–Kier alpha value is -2.30. The molecule has 0 N–H and O–H groups in total. The van der Waals surface area contributed by atoms with Crippen LogP contribution in [0.4, 0.5) is 4.79 Å². The van der Waals surface area contributed by atoms with Crippen LogP contribution in [0.1, 0.15) is 40.5 Å². The molecule has 1 saturated heterocycles. The standard InChI is InChI=1S/C21H32N2O3/c1-7-9-12-18(11-8-2)15-22(17(3)24)16-19-13-10-14-23(19)20(25)26-21(4,5)6/h7-9,11-12,19H,1-2,10,13-16H2,3-6H3/b12-9-,18-11+. The number of hydrogen-bond acceptors (Lipinski definition) is 3. The van der Waals surface area contributed by atoms with Crippen molar-refractivity contribution in [2.24, 2.45) is 0 Å². The quantitative estimate of drug-likeness (QED) is 0.643. The average Bonchev–Trinajstić information content (AvgIpc) is 2.98. The summed E-state index contributed by atoms with van der Waals surface area (Å²) < 4.78 is 5.50. The molecule has 2 amide bonds. The number of hydrogen-bond donors (Lipinski definition) is 0. The van der Waals surface area contributed by atoms with Crippen molar-refractivity contribution in [3.05, 3.63) is 49.1 Å². The van der Waals surface area contributed by atoms with Crippen molar-refractivity contribution in [2.75, 3.05) is 19.6 Å². The van der Waals surface area contributed by atoms with Gasteiger partial charge < -0.3 is 14.5 Å². The highest BCUT2D eigenvalue weighted by Crippen LogP contribution is 2.22. The number of carbonyl (C=O) groups is 2. The fraction of sp³-hybridized carbons (Fsp3) is 0.524. The molecule has 5 nitrogen and oxygen atoms in total. The summed E-state index contributed by atoms with van der Waals surface area (Å²) in [5, 5.41) is 0. The van der Waals surface area contributed by atoms with E-state index in [1.807, 2.05) is 39.0 Å². The molecule has 5 heteroatoms. The van der Waals surface area contributed by atoms with Crippen molar-refractivity contribution < 1.29 is 14.3 Å². The largest absolute Gasteiger partial charge is 0.444 e. The first-order valence-corrected chi connectivity index (χ1v) is 9.03. The van der Waals surface area contributed by atoms with Crippen LogP contribution in [-0.4, -0.2) is 53.1 Å². The minimum absolute atomic E-state index is 0.0250. The topological polar surface area (TPSA) is 49.9 Å². The molecule has 0 radical (unpaired) electrons. The predicted molar refractivity (Wildman–Crippen MR) is 106 cm³/mol. The van der Waals surface area contributed by atoms with E-state index in [1.165, 1.54) is 0 Å². The van der Waals surface area contributed by atoms with Gasteiger partial charge in [0, 0.05) is 26.6 Å². The Balaban J connectivity index is 2.85. The van der Waals surface area contributed by atoms with Gasteiger partial charge in [-0.15, -0.1) is 0 Å². The SMILES string of the molecule is C=C/C=C\C(=C/C=C)CN(CC1CCCN1C(=O)OC(C)(C)C)C(C)=O. The molecule has 0 aromatic carbocycles. The first kappa shape index (κ1) is 21.7. The van der Waals surface area contributed by atoms with Crippen LogP contribution in [0, 0.1) is 0 Å². The molecule has 144 valence electrons. The van der Waals surface area contributed by atoms with Crippen LogP contribution < -0.4 is 0 Å². The van der Waals surface area contributed by atoms with Crippen LogP contribution in [0.3, 0.4) is 0 Å². The molecule has 0 saturated carbocycles. The van der Waals surface area contributed by atoms with E-state index in [4.69, 9.17) is 4.74 Å². The second kappa shape index (κ2) is 10.00. The fourth-order valence-corrected chi connectivity index (χ4v) is 2.87. The summed E-state index contributed by atoms with van der Waals surface area (Å²) in [6.07, 6.45) is 10.5. The fourth-order valence-electron chi connectivity index (χ4n) is 2.87. The predicted octanol–water partition coefficient (Wildman–Crippen LogP) is 4.09. The number of rotatable bonds is 7. The summed E-state index contributed by atoms with van der Waals surface area (Å²) in [6, 6.07) is -0.0258. The molecule has 1 heterocycles. The van der Waals surface area contributed by atoms with E-state index in [1.54, 1.807) is 28.9 Å². The van der Waals surface area contributed by atoms with E-state index in [9.17, 15) is 9.59 Å². The van der Waals surface area contributed by atoms with Crippen molar-refractivity contribution in [3.63, 3.8) is 0 Å². The van der Waals surface area contributed by atoms with Gasteiger partial charge in [-0.3, -0.25) is 4.79 Å². The molecule has 0 aliphatic carbocycles. The van der Waals surface area contributed by atoms with Gasteiger partial charge in [0.2, 0.25) is 5.91 Å². The first-order valence-electron chi connectivity index (χ1n) is 9.03. The van der Waals surface area contributed by atoms with Crippen molar-refractivity contribution in [1.29, 1.82) is 0 Å².